The largest absolute Gasteiger partial charge is 0.472 e. The maximum absolute atomic E-state index is 17.5. The van der Waals surface area contributed by atoms with Crippen LogP contribution in [0.15, 0.2) is 94.1 Å². The second kappa shape index (κ2) is 37.4. The number of nitrogen functional groups attached to an aromatic ring is 4. The number of nitrogens with one attached hydrogen (secondary N) is 5. The number of nitrogens with two attached hydrogens (primary N) is 4. The van der Waals surface area contributed by atoms with Gasteiger partial charge in [-0.25, -0.2) is 51.8 Å². The highest BCUT2D eigenvalue weighted by Crippen LogP contribution is 2.58. The van der Waals surface area contributed by atoms with E-state index in [-0.39, 0.29) is 28.6 Å². The van der Waals surface area contributed by atoms with E-state index < -0.39 is 291 Å². The van der Waals surface area contributed by atoms with Crippen LogP contribution in [-0.2, 0) is 130 Å². The van der Waals surface area contributed by atoms with Gasteiger partial charge in [0, 0.05) is 59.2 Å². The molecule has 6 aliphatic rings. The highest BCUT2D eigenvalue weighted by molar-refractivity contribution is 8.07. The van der Waals surface area contributed by atoms with Crippen molar-refractivity contribution in [1.82, 2.24) is 87.2 Å². The average Bonchev–Trinajstić information content (AvgIpc) is 1.53. The fourth-order valence-corrected chi connectivity index (χ4v) is 20.8. The lowest BCUT2D eigenvalue weighted by Crippen LogP contribution is -2.39. The van der Waals surface area contributed by atoms with Crippen LogP contribution in [0.2, 0.25) is 0 Å². The van der Waals surface area contributed by atoms with Crippen molar-refractivity contribution in [3.8, 4) is 0 Å². The lowest BCUT2D eigenvalue weighted by Gasteiger charge is -2.29. The lowest BCUT2D eigenvalue weighted by molar-refractivity contribution is -0.0652. The number of aliphatic hydroxyl groups excluding tert-OH is 1. The molecule has 0 aliphatic carbocycles. The molecule has 68 heteroatoms. The number of methoxy groups -OCH3 is 4. The highest BCUT2D eigenvalue weighted by atomic mass is 32.5. The van der Waals surface area contributed by atoms with Crippen molar-refractivity contribution < 1.29 is 145 Å². The summed E-state index contributed by atoms with van der Waals surface area (Å²) in [7, 11) is -13.0. The molecule has 11 unspecified atom stereocenters. The van der Waals surface area contributed by atoms with Crippen LogP contribution in [0.3, 0.4) is 0 Å². The summed E-state index contributed by atoms with van der Waals surface area (Å²) in [4.78, 5) is 200. The molecule has 15 rings (SSSR count). The molecule has 6 aliphatic heterocycles. The van der Waals surface area contributed by atoms with Crippen molar-refractivity contribution in [3.63, 3.8) is 0 Å². The lowest BCUT2D eigenvalue weighted by atomic mass is 10.1. The Kier molecular flexibility index (Phi) is 27.5. The topological polar surface area (TPSA) is 797 Å². The van der Waals surface area contributed by atoms with E-state index in [4.69, 9.17) is 139 Å². The molecule has 704 valence electrons. The summed E-state index contributed by atoms with van der Waals surface area (Å²) in [6.45, 7) is -14.4. The third kappa shape index (κ3) is 19.7. The number of H-pyrrole nitrogens is 5. The number of phosphoric acid groups is 3. The van der Waals surface area contributed by atoms with Gasteiger partial charge in [-0.1, -0.05) is 0 Å². The predicted octanol–water partition coefficient (Wildman–Crippen LogP) is -4.68. The van der Waals surface area contributed by atoms with Crippen molar-refractivity contribution in [2.24, 2.45) is 0 Å². The van der Waals surface area contributed by atoms with Gasteiger partial charge in [0.25, 0.3) is 27.8 Å². The van der Waals surface area contributed by atoms with Crippen LogP contribution < -0.4 is 67.8 Å². The van der Waals surface area contributed by atoms with Gasteiger partial charge in [-0.15, -0.1) is 0 Å². The second-order valence-electron chi connectivity index (χ2n) is 28.8. The first-order valence-electron chi connectivity index (χ1n) is 37.4. The van der Waals surface area contributed by atoms with Gasteiger partial charge in [0.2, 0.25) is 17.8 Å². The molecule has 29 atom stereocenters. The van der Waals surface area contributed by atoms with Crippen molar-refractivity contribution in [1.29, 1.82) is 0 Å². The number of phosphoric ester groups is 3. The Labute approximate surface area is 724 Å². The Morgan fingerprint density at radius 1 is 0.411 bits per heavy atom. The number of anilines is 4. The number of aromatic nitrogens is 18. The van der Waals surface area contributed by atoms with Gasteiger partial charge in [-0.3, -0.25) is 112 Å². The molecule has 9 aromatic heterocycles. The summed E-state index contributed by atoms with van der Waals surface area (Å²) in [6, 6.07) is 2.92. The third-order valence-electron chi connectivity index (χ3n) is 20.8. The van der Waals surface area contributed by atoms with Crippen LogP contribution in [-0.4, -0.2) is 288 Å². The molecule has 0 bridgehead atoms. The normalized spacial score (nSPS) is 31.9. The number of ether oxygens (including phenoxy) is 10. The van der Waals surface area contributed by atoms with E-state index in [0.717, 1.165) is 83.0 Å². The highest BCUT2D eigenvalue weighted by Gasteiger charge is 2.58. The number of imidazole rings is 3. The number of alkyl halides is 2. The second-order valence-corrected chi connectivity index (χ2v) is 38.6. The van der Waals surface area contributed by atoms with E-state index in [1.54, 1.807) is 0 Å². The van der Waals surface area contributed by atoms with Gasteiger partial charge in [-0.2, -0.15) is 19.9 Å². The maximum Gasteiger partial charge on any atom is 0.472 e. The van der Waals surface area contributed by atoms with E-state index in [9.17, 15) is 81.6 Å². The Morgan fingerprint density at radius 2 is 0.736 bits per heavy atom. The summed E-state index contributed by atoms with van der Waals surface area (Å²) < 4.78 is 198. The third-order valence-corrected chi connectivity index (χ3v) is 26.8. The van der Waals surface area contributed by atoms with Gasteiger partial charge >= 0.3 is 54.0 Å². The van der Waals surface area contributed by atoms with E-state index in [2.05, 4.69) is 49.8 Å². The smallest absolute Gasteiger partial charge is 0.387 e. The average molecular weight is 1970 g/mol. The van der Waals surface area contributed by atoms with Crippen molar-refractivity contribution in [2.75, 3.05) is 84.4 Å². The summed E-state index contributed by atoms with van der Waals surface area (Å²) in [5, 5.41) is 11.5. The number of aliphatic hydroxyl groups is 1. The summed E-state index contributed by atoms with van der Waals surface area (Å²) in [5.74, 6) is -1.54. The molecule has 0 spiro atoms. The fourth-order valence-electron chi connectivity index (χ4n) is 15.0. The summed E-state index contributed by atoms with van der Waals surface area (Å²) in [5.41, 5.74) is 13.8. The molecule has 9 aromatic rings. The summed E-state index contributed by atoms with van der Waals surface area (Å²) in [6.07, 6.45) is -38.7. The van der Waals surface area contributed by atoms with E-state index in [1.165, 1.54) is 31.0 Å². The molecule has 0 radical (unpaired) electrons. The van der Waals surface area contributed by atoms with E-state index >= 15 is 8.78 Å². The van der Waals surface area contributed by atoms with Gasteiger partial charge in [0.05, 0.1) is 58.1 Å². The molecular formula is C61H77F2N22O37P5S2. The molecule has 0 saturated carbocycles. The number of hydrogen-bond acceptors (Lipinski definition) is 45. The molecule has 0 aromatic carbocycles. The first-order valence-corrected chi connectivity index (χ1v) is 47.1. The number of fused-ring (bicyclic) bond motifs is 3. The van der Waals surface area contributed by atoms with Crippen LogP contribution in [0, 0.1) is 0 Å². The number of hydrogen-bond donors (Lipinski definition) is 15. The number of aromatic amines is 5. The van der Waals surface area contributed by atoms with E-state index in [1.807, 2.05) is 9.97 Å². The van der Waals surface area contributed by atoms with Gasteiger partial charge in [0.15, 0.2) is 83.2 Å². The Bertz CT molecular complexity index is 6490. The monoisotopic (exact) mass is 1970 g/mol. The Balaban J connectivity index is 0.668. The first-order chi connectivity index (χ1) is 61.0. The van der Waals surface area contributed by atoms with Crippen LogP contribution in [0.1, 0.15) is 44.3 Å². The Hall–Kier alpha value is -8.70. The van der Waals surface area contributed by atoms with E-state index in [0.29, 0.717) is 4.57 Å². The van der Waals surface area contributed by atoms with Crippen molar-refractivity contribution >= 4 is 118 Å². The molecule has 15 heterocycles. The minimum atomic E-state index is -5.99. The number of rotatable bonds is 35. The number of halogens is 2. The molecule has 0 amide bonds. The standard InChI is InChI=1S/C61H77F2N22O37P5S2/c1-20-35(41(104-3)53(112-20)82-11-8-28(87)73-61(82)94)118-123(95,96)107-13-22-36(29(62)51(115-22)83-17-68-31-44(83)74-56(65)77-47(31)89)119-124(97,98)109-15-24-38(42(105-4)55(117-24)85-19-70-33-46(85)76-58(67)79-49(33)91)120-125(99,100)108-14-23-37(30(63)50(114-23)80-10-7-27(86)72-60(80)93)121-126(101,128)111-16-25-39(43(106-5)54(116-25)81-9-6-26(64)71-59(81)92)122-127(102,129)110-12-21-34(88)40(103-2)52(113-21)84-18-69-32-45(84)75-57(66)78-48(32)90/h6-11,17-25,29-30,34-43,50-55,88H,12-16H2,1-5H3,(H,95,96)(H,97,98)(H,99,100)(H,101,128)(H,102,129)(H2,64,71,92)(H,72,86,93)(H,73,87,94)(H3,65,74,77,89)(H3,66,75,78,90)(H3,67,76,79,91)/t20-,21-,22-,23-,24-,25-,29+,30+,34?,35?,36?,37?,38?,39?,40+,41+,42+,43+,50-,51-,52-,53-,54-,55-,126?,127?/m1/s1. The van der Waals surface area contributed by atoms with Crippen LogP contribution in [0.5, 0.6) is 0 Å². The van der Waals surface area contributed by atoms with Gasteiger partial charge in [-0.05, 0) is 36.6 Å². The minimum Gasteiger partial charge on any atom is -0.387 e. The maximum atomic E-state index is 17.5. The zero-order chi connectivity index (χ0) is 92.7. The Morgan fingerprint density at radius 3 is 1.18 bits per heavy atom. The fraction of sp³-hybridized carbons (Fsp3) is 0.557. The molecular weight excluding hydrogens is 1890 g/mol. The zero-order valence-electron chi connectivity index (χ0n) is 66.4. The molecule has 6 fully saturated rings. The molecule has 59 nitrogen and oxygen atoms in total. The van der Waals surface area contributed by atoms with Crippen LogP contribution >= 0.6 is 36.9 Å². The summed E-state index contributed by atoms with van der Waals surface area (Å²) >= 11 is 10.9. The molecule has 129 heavy (non-hydrogen) atoms. The molecule has 6 saturated heterocycles. The molecule has 19 N–H and O–H groups in total. The minimum absolute atomic E-state index is 0.0714. The van der Waals surface area contributed by atoms with Gasteiger partial charge < -0.3 is 109 Å². The number of nitrogens with zero attached hydrogens (tertiary/aromatic N) is 13. The predicted molar refractivity (Wildman–Crippen MR) is 428 cm³/mol. The first kappa shape index (κ1) is 94.9. The van der Waals surface area contributed by atoms with Crippen molar-refractivity contribution in [3.05, 3.63) is 139 Å². The zero-order valence-corrected chi connectivity index (χ0v) is 72.5. The van der Waals surface area contributed by atoms with Gasteiger partial charge in [0.1, 0.15) is 97.4 Å². The SMILES string of the molecule is CO[C@H]1C(OP(=O)(O)OC[C@H]2O[C@@H](n3cnc4c(=O)[nH]c(N)nc43)[C@@H](F)C2OP(=O)(O)OC[C@H]2O[C@@H](n3cnc4c(=O)[nH]c(N)nc43)[C@@H](OC)C2OP(=O)(O)OC[C@H]2O[C@@H](n3ccc(=O)[nH]c3=O)[C@@H](F)C2OP(O)(=S)OC[C@H]2O[C@@H](n3ccc(N)nc3=O)[C@@H](OC)C2OP(O)(=S)OC[C@H]2O[C@@H](n3cnc4c(=O)[nH]c(N)nc43)[C@@H](OC)C2O)[C@@H](C)O[C@H]1n1ccc(=O)[nH]c1=O. The van der Waals surface area contributed by atoms with Crippen LogP contribution in [0.4, 0.5) is 32.4 Å². The quantitative estimate of drug-likeness (QED) is 0.0166. The van der Waals surface area contributed by atoms with Crippen LogP contribution in [0.25, 0.3) is 33.5 Å². The van der Waals surface area contributed by atoms with Crippen molar-refractivity contribution in [2.45, 2.75) is 154 Å².